The van der Waals surface area contributed by atoms with E-state index >= 15 is 0 Å². The second-order valence-electron chi connectivity index (χ2n) is 3.05. The van der Waals surface area contributed by atoms with Crippen molar-refractivity contribution < 1.29 is 15.3 Å². The summed E-state index contributed by atoms with van der Waals surface area (Å²) in [5.74, 6) is 0. The van der Waals surface area contributed by atoms with Gasteiger partial charge in [0.15, 0.2) is 5.17 Å². The van der Waals surface area contributed by atoms with Gasteiger partial charge in [-0.15, -0.1) is 12.6 Å². The Balaban J connectivity index is 4.43. The summed E-state index contributed by atoms with van der Waals surface area (Å²) < 4.78 is 0. The molecule has 6 heteroatoms. The van der Waals surface area contributed by atoms with Gasteiger partial charge in [0.1, 0.15) is 0 Å². The maximum atomic E-state index is 9.00. The number of hydrogen-bond donors (Lipinski definition) is 6. The molecule has 5 nitrogen and oxygen atoms in total. The van der Waals surface area contributed by atoms with Crippen molar-refractivity contribution in [3.05, 3.63) is 0 Å². The molecule has 0 heterocycles. The van der Waals surface area contributed by atoms with Crippen molar-refractivity contribution in [3.63, 3.8) is 0 Å². The third kappa shape index (κ3) is 3.15. The fourth-order valence-corrected chi connectivity index (χ4v) is 1.11. The molecule has 0 radical (unpaired) electrons. The second kappa shape index (κ2) is 5.43. The zero-order valence-electron chi connectivity index (χ0n) is 7.49. The van der Waals surface area contributed by atoms with Gasteiger partial charge in [0, 0.05) is 6.04 Å². The Bertz CT molecular complexity index is 165. The van der Waals surface area contributed by atoms with Crippen LogP contribution in [0.25, 0.3) is 0 Å². The average molecular weight is 208 g/mol. The maximum Gasteiger partial charge on any atom is 0.150 e. The second-order valence-corrected chi connectivity index (χ2v) is 3.50. The standard InChI is InChI=1S/C7H16N2O3S/c1-5(9-6(8)13)7(2-10,3-11)4-12/h5,10-12H,2-4H2,1H3,(H3,8,9,13). The molecule has 0 aliphatic carbocycles. The fourth-order valence-electron chi connectivity index (χ4n) is 0.919. The lowest BCUT2D eigenvalue weighted by Gasteiger charge is -2.34. The first-order valence-corrected chi connectivity index (χ1v) is 4.33. The highest BCUT2D eigenvalue weighted by Gasteiger charge is 2.34. The van der Waals surface area contributed by atoms with E-state index in [0.717, 1.165) is 0 Å². The number of aliphatic hydroxyl groups excluding tert-OH is 3. The Kier molecular flexibility index (Phi) is 5.31. The lowest BCUT2D eigenvalue weighted by molar-refractivity contribution is -0.0134. The molecule has 1 atom stereocenters. The highest BCUT2D eigenvalue weighted by atomic mass is 32.1. The number of nitrogens with one attached hydrogen (secondary N) is 2. The third-order valence-electron chi connectivity index (χ3n) is 2.22. The first-order chi connectivity index (χ1) is 6.02. The normalized spacial score (nSPS) is 13.9. The van der Waals surface area contributed by atoms with Crippen molar-refractivity contribution in [1.29, 1.82) is 5.41 Å². The maximum absolute atomic E-state index is 9.00. The zero-order chi connectivity index (χ0) is 10.5. The molecule has 0 aliphatic heterocycles. The van der Waals surface area contributed by atoms with E-state index in [-0.39, 0.29) is 25.0 Å². The van der Waals surface area contributed by atoms with Gasteiger partial charge in [-0.05, 0) is 6.92 Å². The van der Waals surface area contributed by atoms with E-state index in [4.69, 9.17) is 20.7 Å². The smallest absolute Gasteiger partial charge is 0.150 e. The van der Waals surface area contributed by atoms with Crippen molar-refractivity contribution in [2.45, 2.75) is 13.0 Å². The van der Waals surface area contributed by atoms with Crippen LogP contribution in [0.4, 0.5) is 0 Å². The molecule has 13 heavy (non-hydrogen) atoms. The molecule has 0 aromatic carbocycles. The topological polar surface area (TPSA) is 96.6 Å². The minimum Gasteiger partial charge on any atom is -0.396 e. The molecule has 0 amide bonds. The molecule has 0 aromatic rings. The molecule has 0 aliphatic rings. The van der Waals surface area contributed by atoms with E-state index in [0.29, 0.717) is 0 Å². The van der Waals surface area contributed by atoms with E-state index in [2.05, 4.69) is 17.9 Å². The summed E-state index contributed by atoms with van der Waals surface area (Å²) in [5, 5.41) is 36.6. The molecule has 0 bridgehead atoms. The summed E-state index contributed by atoms with van der Waals surface area (Å²) in [6, 6.07) is -0.419. The zero-order valence-corrected chi connectivity index (χ0v) is 8.38. The number of aliphatic hydroxyl groups is 3. The van der Waals surface area contributed by atoms with Gasteiger partial charge in [-0.3, -0.25) is 5.41 Å². The minimum atomic E-state index is -1.02. The monoisotopic (exact) mass is 208 g/mol. The summed E-state index contributed by atoms with van der Waals surface area (Å²) in [4.78, 5) is 0. The summed E-state index contributed by atoms with van der Waals surface area (Å²) in [7, 11) is 0. The molecule has 0 rings (SSSR count). The van der Waals surface area contributed by atoms with Crippen LogP contribution < -0.4 is 5.32 Å². The molecule has 5 N–H and O–H groups in total. The predicted octanol–water partition coefficient (Wildman–Crippen LogP) is -1.21. The Hall–Kier alpha value is -0.300. The summed E-state index contributed by atoms with van der Waals surface area (Å²) in [6.45, 7) is 0.604. The molecule has 1 unspecified atom stereocenters. The lowest BCUT2D eigenvalue weighted by atomic mass is 9.83. The van der Waals surface area contributed by atoms with Crippen molar-refractivity contribution in [2.24, 2.45) is 5.41 Å². The van der Waals surface area contributed by atoms with Crippen molar-refractivity contribution in [1.82, 2.24) is 5.32 Å². The van der Waals surface area contributed by atoms with E-state index in [1.165, 1.54) is 0 Å². The van der Waals surface area contributed by atoms with Gasteiger partial charge in [-0.25, -0.2) is 0 Å². The molecule has 0 saturated carbocycles. The molecule has 78 valence electrons. The van der Waals surface area contributed by atoms with Crippen molar-refractivity contribution in [3.8, 4) is 0 Å². The Morgan fingerprint density at radius 3 is 2.00 bits per heavy atom. The predicted molar refractivity (Wildman–Crippen MR) is 53.0 cm³/mol. The first kappa shape index (κ1) is 12.7. The average Bonchev–Trinajstić information content (AvgIpc) is 2.07. The van der Waals surface area contributed by atoms with Crippen LogP contribution in [-0.2, 0) is 0 Å². The van der Waals surface area contributed by atoms with Gasteiger partial charge >= 0.3 is 0 Å². The van der Waals surface area contributed by atoms with Crippen LogP contribution in [0, 0.1) is 10.8 Å². The Labute approximate surface area is 82.7 Å². The van der Waals surface area contributed by atoms with E-state index in [1.54, 1.807) is 6.92 Å². The van der Waals surface area contributed by atoms with Gasteiger partial charge in [0.05, 0.1) is 25.2 Å². The van der Waals surface area contributed by atoms with Gasteiger partial charge < -0.3 is 20.6 Å². The molecule has 0 saturated heterocycles. The van der Waals surface area contributed by atoms with Crippen LogP contribution >= 0.6 is 12.6 Å². The largest absolute Gasteiger partial charge is 0.396 e. The third-order valence-corrected chi connectivity index (χ3v) is 2.35. The van der Waals surface area contributed by atoms with Crippen LogP contribution in [0.3, 0.4) is 0 Å². The number of hydrogen-bond acceptors (Lipinski definition) is 4. The molecule has 0 spiro atoms. The number of amidine groups is 1. The molecule has 0 fully saturated rings. The van der Waals surface area contributed by atoms with E-state index in [9.17, 15) is 0 Å². The summed E-state index contributed by atoms with van der Waals surface area (Å²) in [6.07, 6.45) is 0. The minimum absolute atomic E-state index is 0.0628. The molecule has 0 aromatic heterocycles. The van der Waals surface area contributed by atoms with Crippen LogP contribution in [-0.4, -0.2) is 46.3 Å². The number of thiol groups is 1. The summed E-state index contributed by atoms with van der Waals surface area (Å²) >= 11 is 3.71. The lowest BCUT2D eigenvalue weighted by Crippen LogP contribution is -2.51. The SMILES string of the molecule is CC(NC(=N)S)C(CO)(CO)CO. The van der Waals surface area contributed by atoms with Gasteiger partial charge in [-0.1, -0.05) is 0 Å². The first-order valence-electron chi connectivity index (χ1n) is 3.89. The van der Waals surface area contributed by atoms with Crippen LogP contribution in [0.2, 0.25) is 0 Å². The van der Waals surface area contributed by atoms with Crippen LogP contribution in [0.5, 0.6) is 0 Å². The Morgan fingerprint density at radius 1 is 1.38 bits per heavy atom. The highest BCUT2D eigenvalue weighted by molar-refractivity contribution is 7.96. The summed E-state index contributed by atoms with van der Waals surface area (Å²) in [5.41, 5.74) is -1.02. The van der Waals surface area contributed by atoms with Crippen molar-refractivity contribution in [2.75, 3.05) is 19.8 Å². The van der Waals surface area contributed by atoms with Crippen LogP contribution in [0.15, 0.2) is 0 Å². The van der Waals surface area contributed by atoms with Crippen molar-refractivity contribution >= 4 is 17.8 Å². The quantitative estimate of drug-likeness (QED) is 0.194. The Morgan fingerprint density at radius 2 is 1.77 bits per heavy atom. The van der Waals surface area contributed by atoms with Gasteiger partial charge in [0.2, 0.25) is 0 Å². The van der Waals surface area contributed by atoms with Gasteiger partial charge in [-0.2, -0.15) is 0 Å². The molecular formula is C7H16N2O3S. The number of rotatable bonds is 5. The fraction of sp³-hybridized carbons (Fsp3) is 0.857. The van der Waals surface area contributed by atoms with Crippen LogP contribution in [0.1, 0.15) is 6.92 Å². The van der Waals surface area contributed by atoms with Gasteiger partial charge in [0.25, 0.3) is 0 Å². The van der Waals surface area contributed by atoms with E-state index < -0.39 is 11.5 Å². The highest BCUT2D eigenvalue weighted by Crippen LogP contribution is 2.20. The molecular weight excluding hydrogens is 192 g/mol. The van der Waals surface area contributed by atoms with E-state index in [1.807, 2.05) is 0 Å².